The van der Waals surface area contributed by atoms with Crippen molar-refractivity contribution < 1.29 is 33.0 Å². The van der Waals surface area contributed by atoms with Crippen LogP contribution in [0.2, 0.25) is 0 Å². The van der Waals surface area contributed by atoms with E-state index in [1.165, 1.54) is 12.3 Å². The second-order valence-corrected chi connectivity index (χ2v) is 14.7. The lowest BCUT2D eigenvalue weighted by atomic mass is 9.44. The number of aliphatic hydroxyl groups excluding tert-OH is 1. The van der Waals surface area contributed by atoms with Gasteiger partial charge in [0.05, 0.1) is 54.2 Å². The number of hydrogen-bond donors (Lipinski definition) is 1. The Morgan fingerprint density at radius 3 is 2.78 bits per heavy atom. The summed E-state index contributed by atoms with van der Waals surface area (Å²) in [6.07, 6.45) is 6.09. The standard InChI is InChI=1S/C33H36F2N4O5S/c1-30-14-20-16-38-39(22-4-6-27(34)37-17-22)25(20)13-21(30)3-5-24-23-7-9-32(29(42)45-12-10-36,44-28(41)19-8-11-43-18-19)31(23,2)15-26(40)33(24,30)35/h4,6,13,16-17,19,23-24,26,40H,3,5,7-9,11-12,14-15,18H2,1-2H3/t19?,23-,24?,26?,30?,31?,32?,33-/m0/s1. The van der Waals surface area contributed by atoms with Gasteiger partial charge in [0.2, 0.25) is 11.1 Å². The number of allylic oxidation sites excluding steroid dienone is 1. The molecule has 1 N–H and O–H groups in total. The Morgan fingerprint density at radius 2 is 2.07 bits per heavy atom. The molecule has 238 valence electrons. The minimum absolute atomic E-state index is 0.0613. The third-order valence-electron chi connectivity index (χ3n) is 11.8. The number of alkyl halides is 1. The molecule has 0 amide bonds. The second-order valence-electron chi connectivity index (χ2n) is 13.7. The number of hydrogen-bond acceptors (Lipinski definition) is 9. The lowest BCUT2D eigenvalue weighted by Gasteiger charge is -2.63. The number of fused-ring (bicyclic) bond motifs is 6. The Kier molecular flexibility index (Phi) is 7.26. The number of aliphatic hydroxyl groups is 1. The van der Waals surface area contributed by atoms with Crippen LogP contribution in [0.15, 0.2) is 30.1 Å². The number of carbonyl (C=O) groups excluding carboxylic acids is 2. The van der Waals surface area contributed by atoms with Crippen molar-refractivity contribution in [1.82, 2.24) is 14.8 Å². The van der Waals surface area contributed by atoms with Crippen molar-refractivity contribution in [3.63, 3.8) is 0 Å². The van der Waals surface area contributed by atoms with Gasteiger partial charge in [0, 0.05) is 23.4 Å². The number of nitriles is 1. The highest BCUT2D eigenvalue weighted by Crippen LogP contribution is 2.71. The van der Waals surface area contributed by atoms with Gasteiger partial charge < -0.3 is 14.6 Å². The van der Waals surface area contributed by atoms with Gasteiger partial charge >= 0.3 is 5.97 Å². The molecule has 9 nitrogen and oxygen atoms in total. The van der Waals surface area contributed by atoms with Gasteiger partial charge in [-0.2, -0.15) is 14.8 Å². The van der Waals surface area contributed by atoms with Gasteiger partial charge in [0.25, 0.3) is 0 Å². The van der Waals surface area contributed by atoms with E-state index in [1.54, 1.807) is 16.9 Å². The smallest absolute Gasteiger partial charge is 0.312 e. The van der Waals surface area contributed by atoms with Crippen LogP contribution in [-0.4, -0.2) is 67.3 Å². The first kappa shape index (κ1) is 30.5. The van der Waals surface area contributed by atoms with Crippen LogP contribution in [0.25, 0.3) is 11.8 Å². The normalized spacial score (nSPS) is 38.3. The molecular formula is C33H36F2N4O5S. The quantitative estimate of drug-likeness (QED) is 0.365. The topological polar surface area (TPSA) is 127 Å². The van der Waals surface area contributed by atoms with Crippen LogP contribution in [0.1, 0.15) is 63.6 Å². The van der Waals surface area contributed by atoms with Crippen molar-refractivity contribution in [3.05, 3.63) is 47.3 Å². The Morgan fingerprint density at radius 1 is 1.24 bits per heavy atom. The van der Waals surface area contributed by atoms with Crippen molar-refractivity contribution in [2.75, 3.05) is 19.0 Å². The largest absolute Gasteiger partial charge is 0.449 e. The monoisotopic (exact) mass is 638 g/mol. The molecule has 0 bridgehead atoms. The fourth-order valence-corrected chi connectivity index (χ4v) is 10.3. The van der Waals surface area contributed by atoms with Crippen molar-refractivity contribution in [1.29, 1.82) is 5.26 Å². The van der Waals surface area contributed by atoms with E-state index >= 15 is 4.39 Å². The summed E-state index contributed by atoms with van der Waals surface area (Å²) in [6.45, 7) is 4.40. The van der Waals surface area contributed by atoms with Crippen LogP contribution < -0.4 is 0 Å². The molecule has 1 aliphatic heterocycles. The van der Waals surface area contributed by atoms with Gasteiger partial charge in [0.1, 0.15) is 5.67 Å². The predicted octanol–water partition coefficient (Wildman–Crippen LogP) is 4.75. The van der Waals surface area contributed by atoms with Crippen LogP contribution >= 0.6 is 11.8 Å². The molecule has 7 rings (SSSR count). The number of thioether (sulfide) groups is 1. The zero-order valence-corrected chi connectivity index (χ0v) is 26.1. The lowest BCUT2D eigenvalue weighted by molar-refractivity contribution is -0.229. The summed E-state index contributed by atoms with van der Waals surface area (Å²) in [4.78, 5) is 31.1. The SMILES string of the molecule is CC12CC(O)[C@@]3(F)C(CCC4=Cc5c(cnn5-c5ccc(F)nc5)CC43C)[C@@H]1CCC2(OC(=O)C1CCOC1)C(=O)SCC#N. The van der Waals surface area contributed by atoms with Gasteiger partial charge in [-0.25, -0.2) is 14.1 Å². The van der Waals surface area contributed by atoms with E-state index in [9.17, 15) is 24.3 Å². The van der Waals surface area contributed by atoms with Crippen LogP contribution in [0.5, 0.6) is 0 Å². The molecule has 45 heavy (non-hydrogen) atoms. The second kappa shape index (κ2) is 10.7. The summed E-state index contributed by atoms with van der Waals surface area (Å²) >= 11 is 0.824. The molecule has 0 radical (unpaired) electrons. The summed E-state index contributed by atoms with van der Waals surface area (Å²) in [5.74, 6) is -2.61. The molecule has 6 unspecified atom stereocenters. The van der Waals surface area contributed by atoms with E-state index < -0.39 is 57.1 Å². The van der Waals surface area contributed by atoms with Gasteiger partial charge in [0.15, 0.2) is 5.60 Å². The minimum atomic E-state index is -2.01. The molecule has 1 saturated heterocycles. The third kappa shape index (κ3) is 4.22. The summed E-state index contributed by atoms with van der Waals surface area (Å²) in [5.41, 5.74) is -2.58. The molecule has 4 fully saturated rings. The molecular weight excluding hydrogens is 602 g/mol. The fraction of sp³-hybridized carbons (Fsp3) is 0.606. The Labute approximate surface area is 264 Å². The molecule has 2 aromatic rings. The average Bonchev–Trinajstić information content (AvgIpc) is 3.75. The highest BCUT2D eigenvalue weighted by Gasteiger charge is 2.76. The molecule has 0 aromatic carbocycles. The highest BCUT2D eigenvalue weighted by atomic mass is 32.2. The Hall–Kier alpha value is -3.14. The fourth-order valence-electron chi connectivity index (χ4n) is 9.48. The zero-order chi connectivity index (χ0) is 31.8. The molecule has 0 spiro atoms. The molecule has 3 saturated carbocycles. The maximum atomic E-state index is 18.1. The number of pyridine rings is 1. The van der Waals surface area contributed by atoms with E-state index in [1.807, 2.05) is 26.0 Å². The summed E-state index contributed by atoms with van der Waals surface area (Å²) in [6, 6.07) is 4.85. The zero-order valence-electron chi connectivity index (χ0n) is 25.3. The molecule has 3 heterocycles. The molecule has 8 atom stereocenters. The highest BCUT2D eigenvalue weighted by molar-refractivity contribution is 8.14. The number of halogens is 2. The number of aromatic nitrogens is 3. The number of ether oxygens (including phenoxy) is 2. The number of carbonyl (C=O) groups is 2. The predicted molar refractivity (Wildman–Crippen MR) is 160 cm³/mol. The molecule has 12 heteroatoms. The Balaban J connectivity index is 1.25. The summed E-state index contributed by atoms with van der Waals surface area (Å²) in [7, 11) is 0. The van der Waals surface area contributed by atoms with E-state index in [-0.39, 0.29) is 31.1 Å². The van der Waals surface area contributed by atoms with Crippen molar-refractivity contribution >= 4 is 28.9 Å². The molecule has 2 aromatic heterocycles. The number of esters is 1. The first-order chi connectivity index (χ1) is 21.5. The van der Waals surface area contributed by atoms with Crippen LogP contribution in [-0.2, 0) is 25.5 Å². The summed E-state index contributed by atoms with van der Waals surface area (Å²) in [5, 5.41) is 25.3. The van der Waals surface area contributed by atoms with Crippen molar-refractivity contribution in [2.45, 2.75) is 76.2 Å². The Bertz CT molecular complexity index is 1620. The first-order valence-electron chi connectivity index (χ1n) is 15.6. The van der Waals surface area contributed by atoms with Crippen molar-refractivity contribution in [3.8, 4) is 11.8 Å². The third-order valence-corrected chi connectivity index (χ3v) is 12.7. The minimum Gasteiger partial charge on any atom is -0.449 e. The van der Waals surface area contributed by atoms with Gasteiger partial charge in [-0.1, -0.05) is 31.2 Å². The first-order valence-corrected chi connectivity index (χ1v) is 16.6. The van der Waals surface area contributed by atoms with E-state index in [2.05, 4.69) is 10.1 Å². The van der Waals surface area contributed by atoms with Gasteiger partial charge in [-0.05, 0) is 74.6 Å². The van der Waals surface area contributed by atoms with Gasteiger partial charge in [-0.15, -0.1) is 0 Å². The van der Waals surface area contributed by atoms with Crippen molar-refractivity contribution in [2.24, 2.45) is 28.6 Å². The van der Waals surface area contributed by atoms with Crippen LogP contribution in [0.4, 0.5) is 8.78 Å². The average molecular weight is 639 g/mol. The molecule has 4 aliphatic carbocycles. The van der Waals surface area contributed by atoms with Crippen LogP contribution in [0, 0.1) is 45.9 Å². The number of nitrogens with zero attached hydrogens (tertiary/aromatic N) is 4. The number of rotatable bonds is 5. The maximum absolute atomic E-state index is 18.1. The van der Waals surface area contributed by atoms with E-state index in [0.29, 0.717) is 44.4 Å². The maximum Gasteiger partial charge on any atom is 0.312 e. The van der Waals surface area contributed by atoms with Gasteiger partial charge in [-0.3, -0.25) is 9.59 Å². The molecule has 5 aliphatic rings. The van der Waals surface area contributed by atoms with E-state index in [4.69, 9.17) is 9.47 Å². The lowest BCUT2D eigenvalue weighted by Crippen LogP contribution is -2.70. The summed E-state index contributed by atoms with van der Waals surface area (Å²) < 4.78 is 44.9. The van der Waals surface area contributed by atoms with Crippen LogP contribution in [0.3, 0.4) is 0 Å². The van der Waals surface area contributed by atoms with E-state index in [0.717, 1.165) is 28.6 Å².